The van der Waals surface area contributed by atoms with Crippen molar-refractivity contribution in [3.05, 3.63) is 35.8 Å². The first-order valence-corrected chi connectivity index (χ1v) is 12.2. The molecule has 4 atom stereocenters. The SMILES string of the molecule is CC1(C)[C@H]2CC[C@@H](CNC(=O)c3cccc4nc(C(=O)N5CCCC(C(F)(F)F)C5)cn34)[C@@H]1C2. The number of likely N-dealkylation sites (tertiary alicyclic amines) is 1. The number of piperidine rings is 1. The lowest BCUT2D eigenvalue weighted by atomic mass is 9.45. The van der Waals surface area contributed by atoms with Crippen LogP contribution in [0.5, 0.6) is 0 Å². The molecule has 0 radical (unpaired) electrons. The zero-order valence-corrected chi connectivity index (χ0v) is 19.6. The molecule has 0 spiro atoms. The maximum absolute atomic E-state index is 13.2. The number of nitrogens with one attached hydrogen (secondary N) is 1. The van der Waals surface area contributed by atoms with Crippen LogP contribution in [0.3, 0.4) is 0 Å². The number of nitrogens with zero attached hydrogens (tertiary/aromatic N) is 3. The minimum Gasteiger partial charge on any atom is -0.350 e. The Hall–Kier alpha value is -2.58. The molecule has 3 heterocycles. The predicted octanol–water partition coefficient (Wildman–Crippen LogP) is 4.55. The number of halogens is 3. The molecule has 1 saturated heterocycles. The third-order valence-corrected chi connectivity index (χ3v) is 8.64. The van der Waals surface area contributed by atoms with E-state index < -0.39 is 18.0 Å². The summed E-state index contributed by atoms with van der Waals surface area (Å²) in [6.07, 6.45) is 1.04. The average Bonchev–Trinajstić information content (AvgIpc) is 3.26. The van der Waals surface area contributed by atoms with Gasteiger partial charge >= 0.3 is 6.18 Å². The summed E-state index contributed by atoms with van der Waals surface area (Å²) in [5, 5.41) is 3.07. The molecule has 2 amide bonds. The van der Waals surface area contributed by atoms with Gasteiger partial charge in [-0.2, -0.15) is 13.2 Å². The van der Waals surface area contributed by atoms with Crippen molar-refractivity contribution in [3.63, 3.8) is 0 Å². The van der Waals surface area contributed by atoms with E-state index in [9.17, 15) is 22.8 Å². The number of aromatic nitrogens is 2. The molecule has 34 heavy (non-hydrogen) atoms. The molecule has 2 bridgehead atoms. The number of hydrogen-bond donors (Lipinski definition) is 1. The van der Waals surface area contributed by atoms with Crippen LogP contribution in [-0.2, 0) is 0 Å². The third-order valence-electron chi connectivity index (χ3n) is 8.64. The summed E-state index contributed by atoms with van der Waals surface area (Å²) < 4.78 is 41.0. The summed E-state index contributed by atoms with van der Waals surface area (Å²) in [5.74, 6) is -0.399. The summed E-state index contributed by atoms with van der Waals surface area (Å²) in [6.45, 7) is 5.17. The zero-order chi connectivity index (χ0) is 24.3. The lowest BCUT2D eigenvalue weighted by molar-refractivity contribution is -0.184. The van der Waals surface area contributed by atoms with Crippen LogP contribution < -0.4 is 5.32 Å². The maximum atomic E-state index is 13.2. The van der Waals surface area contributed by atoms with Gasteiger partial charge in [0.2, 0.25) is 0 Å². The number of imidazole rings is 1. The summed E-state index contributed by atoms with van der Waals surface area (Å²) in [4.78, 5) is 31.5. The van der Waals surface area contributed by atoms with E-state index in [1.807, 2.05) is 0 Å². The number of pyridine rings is 1. The Kier molecular flexibility index (Phi) is 5.64. The van der Waals surface area contributed by atoms with Crippen molar-refractivity contribution in [1.82, 2.24) is 19.6 Å². The summed E-state index contributed by atoms with van der Waals surface area (Å²) in [5.41, 5.74) is 1.17. The van der Waals surface area contributed by atoms with Crippen molar-refractivity contribution in [2.24, 2.45) is 29.1 Å². The Morgan fingerprint density at radius 1 is 1.21 bits per heavy atom. The second-order valence-electron chi connectivity index (χ2n) is 10.8. The van der Waals surface area contributed by atoms with Gasteiger partial charge in [-0.3, -0.25) is 14.0 Å². The lowest BCUT2D eigenvalue weighted by Crippen LogP contribution is -2.54. The number of carbonyl (C=O) groups excluding carboxylic acids is 2. The molecule has 3 saturated carbocycles. The van der Waals surface area contributed by atoms with Crippen molar-refractivity contribution in [3.8, 4) is 0 Å². The van der Waals surface area contributed by atoms with E-state index in [2.05, 4.69) is 24.1 Å². The zero-order valence-electron chi connectivity index (χ0n) is 19.6. The van der Waals surface area contributed by atoms with Crippen LogP contribution in [0.15, 0.2) is 24.4 Å². The van der Waals surface area contributed by atoms with Crippen molar-refractivity contribution >= 4 is 17.5 Å². The first kappa shape index (κ1) is 23.2. The largest absolute Gasteiger partial charge is 0.393 e. The average molecular weight is 477 g/mol. The van der Waals surface area contributed by atoms with Crippen molar-refractivity contribution < 1.29 is 22.8 Å². The van der Waals surface area contributed by atoms with E-state index in [1.54, 1.807) is 22.6 Å². The van der Waals surface area contributed by atoms with Gasteiger partial charge in [0.1, 0.15) is 17.0 Å². The van der Waals surface area contributed by atoms with E-state index in [1.165, 1.54) is 23.9 Å². The van der Waals surface area contributed by atoms with Crippen LogP contribution >= 0.6 is 0 Å². The molecule has 1 unspecified atom stereocenters. The first-order chi connectivity index (χ1) is 16.1. The summed E-state index contributed by atoms with van der Waals surface area (Å²) in [7, 11) is 0. The van der Waals surface area contributed by atoms with E-state index in [-0.39, 0.29) is 31.1 Å². The van der Waals surface area contributed by atoms with Crippen LogP contribution in [0.25, 0.3) is 5.65 Å². The highest BCUT2D eigenvalue weighted by molar-refractivity contribution is 5.95. The van der Waals surface area contributed by atoms with Crippen molar-refractivity contribution in [2.75, 3.05) is 19.6 Å². The molecule has 1 aliphatic heterocycles. The Morgan fingerprint density at radius 3 is 2.71 bits per heavy atom. The molecule has 2 aromatic rings. The minimum absolute atomic E-state index is 0.0302. The highest BCUT2D eigenvalue weighted by Crippen LogP contribution is 2.61. The Morgan fingerprint density at radius 2 is 2.00 bits per heavy atom. The predicted molar refractivity (Wildman–Crippen MR) is 120 cm³/mol. The van der Waals surface area contributed by atoms with Gasteiger partial charge in [0, 0.05) is 25.8 Å². The molecule has 4 aliphatic rings. The van der Waals surface area contributed by atoms with E-state index in [0.717, 1.165) is 12.3 Å². The van der Waals surface area contributed by atoms with E-state index in [4.69, 9.17) is 0 Å². The quantitative estimate of drug-likeness (QED) is 0.704. The summed E-state index contributed by atoms with van der Waals surface area (Å²) >= 11 is 0. The topological polar surface area (TPSA) is 66.7 Å². The van der Waals surface area contributed by atoms with Crippen LogP contribution in [-0.4, -0.2) is 51.9 Å². The Balaban J connectivity index is 1.29. The normalized spacial score (nSPS) is 28.4. The van der Waals surface area contributed by atoms with Crippen LogP contribution in [0, 0.1) is 29.1 Å². The second kappa shape index (κ2) is 8.27. The van der Waals surface area contributed by atoms with Crippen molar-refractivity contribution in [1.29, 1.82) is 0 Å². The van der Waals surface area contributed by atoms with E-state index in [0.29, 0.717) is 41.6 Å². The van der Waals surface area contributed by atoms with Crippen molar-refractivity contribution in [2.45, 2.75) is 52.1 Å². The van der Waals surface area contributed by atoms with Gasteiger partial charge in [-0.15, -0.1) is 0 Å². The monoisotopic (exact) mass is 476 g/mol. The number of carbonyl (C=O) groups is 2. The number of alkyl halides is 3. The number of rotatable bonds is 4. The fraction of sp³-hybridized carbons (Fsp3) is 0.640. The van der Waals surface area contributed by atoms with Gasteiger partial charge < -0.3 is 10.2 Å². The molecule has 0 aromatic carbocycles. The molecule has 9 heteroatoms. The number of hydrogen-bond acceptors (Lipinski definition) is 3. The Bertz CT molecular complexity index is 1110. The highest BCUT2D eigenvalue weighted by Gasteiger charge is 2.54. The van der Waals surface area contributed by atoms with Gasteiger partial charge in [0.05, 0.1) is 5.92 Å². The van der Waals surface area contributed by atoms with E-state index >= 15 is 0 Å². The molecule has 3 aliphatic carbocycles. The second-order valence-corrected chi connectivity index (χ2v) is 10.8. The molecule has 6 nitrogen and oxygen atoms in total. The molecule has 2 aromatic heterocycles. The van der Waals surface area contributed by atoms with Gasteiger partial charge in [0.25, 0.3) is 11.8 Å². The molecular weight excluding hydrogens is 445 g/mol. The highest BCUT2D eigenvalue weighted by atomic mass is 19.4. The smallest absolute Gasteiger partial charge is 0.350 e. The maximum Gasteiger partial charge on any atom is 0.393 e. The standard InChI is InChI=1S/C25H31F3N4O2/c1-24(2)16-9-8-15(18(24)11-16)12-29-22(33)20-6-3-7-21-30-19(14-32(20)21)23(34)31-10-4-5-17(13-31)25(26,27)28/h3,6-7,14-18H,4-5,8-13H2,1-2H3,(H,29,33)/t15-,16-,17?,18-/m0/s1. The molecule has 1 N–H and O–H groups in total. The van der Waals surface area contributed by atoms with Gasteiger partial charge in [-0.25, -0.2) is 4.98 Å². The van der Waals surface area contributed by atoms with Gasteiger partial charge in [0.15, 0.2) is 0 Å². The molecule has 184 valence electrons. The molecule has 6 rings (SSSR count). The third kappa shape index (κ3) is 3.96. The van der Waals surface area contributed by atoms with Gasteiger partial charge in [-0.1, -0.05) is 19.9 Å². The lowest BCUT2D eigenvalue weighted by Gasteiger charge is -2.60. The molecular formula is C25H31F3N4O2. The van der Waals surface area contributed by atoms with Crippen LogP contribution in [0.2, 0.25) is 0 Å². The number of fused-ring (bicyclic) bond motifs is 3. The van der Waals surface area contributed by atoms with Crippen LogP contribution in [0.1, 0.15) is 66.9 Å². The van der Waals surface area contributed by atoms with Gasteiger partial charge in [-0.05, 0) is 67.4 Å². The fourth-order valence-corrected chi connectivity index (χ4v) is 6.41. The number of amides is 2. The summed E-state index contributed by atoms with van der Waals surface area (Å²) in [6, 6.07) is 5.05. The molecule has 4 fully saturated rings. The first-order valence-electron chi connectivity index (χ1n) is 12.2. The minimum atomic E-state index is -4.32. The van der Waals surface area contributed by atoms with Crippen LogP contribution in [0.4, 0.5) is 13.2 Å². The fourth-order valence-electron chi connectivity index (χ4n) is 6.41. The Labute approximate surface area is 196 Å².